The molecule has 1 atom stereocenters. The van der Waals surface area contributed by atoms with Crippen LogP contribution in [0.1, 0.15) is 66.2 Å². The van der Waals surface area contributed by atoms with Crippen molar-refractivity contribution in [1.29, 1.82) is 0 Å². The number of fused-ring (bicyclic) bond motifs is 1. The zero-order valence-corrected chi connectivity index (χ0v) is 15.2. The van der Waals surface area contributed by atoms with E-state index in [0.717, 1.165) is 37.7 Å². The summed E-state index contributed by atoms with van der Waals surface area (Å²) in [6, 6.07) is 0.268. The van der Waals surface area contributed by atoms with Gasteiger partial charge in [-0.05, 0) is 50.0 Å². The zero-order valence-electron chi connectivity index (χ0n) is 14.4. The molecule has 3 N–H and O–H groups in total. The monoisotopic (exact) mass is 364 g/mol. The van der Waals surface area contributed by atoms with Gasteiger partial charge in [0.25, 0.3) is 5.91 Å². The Kier molecular flexibility index (Phi) is 5.42. The molecule has 1 aromatic rings. The van der Waals surface area contributed by atoms with Crippen molar-refractivity contribution in [1.82, 2.24) is 5.32 Å². The lowest BCUT2D eigenvalue weighted by atomic mass is 9.88. The number of carbonyl (C=O) groups is 3. The average molecular weight is 364 g/mol. The molecule has 136 valence electrons. The number of hydrogen-bond acceptors (Lipinski definition) is 4. The lowest BCUT2D eigenvalue weighted by Crippen LogP contribution is -2.27. The molecule has 0 aromatic carbocycles. The smallest absolute Gasteiger partial charge is 0.303 e. The van der Waals surface area contributed by atoms with Crippen LogP contribution in [0.25, 0.3) is 0 Å². The average Bonchev–Trinajstić information content (AvgIpc) is 3.26. The summed E-state index contributed by atoms with van der Waals surface area (Å²) in [4.78, 5) is 36.6. The maximum absolute atomic E-state index is 12.7. The number of carboxylic acids is 1. The molecule has 0 saturated heterocycles. The first-order chi connectivity index (χ1) is 11.9. The van der Waals surface area contributed by atoms with E-state index < -0.39 is 5.97 Å². The van der Waals surface area contributed by atoms with E-state index in [9.17, 15) is 14.4 Å². The Bertz CT molecular complexity index is 693. The van der Waals surface area contributed by atoms with Gasteiger partial charge in [0.1, 0.15) is 5.00 Å². The van der Waals surface area contributed by atoms with Crippen LogP contribution in [0.15, 0.2) is 0 Å². The molecule has 3 rings (SSSR count). The van der Waals surface area contributed by atoms with E-state index in [1.54, 1.807) is 0 Å². The molecule has 0 radical (unpaired) electrons. The number of carbonyl (C=O) groups excluding carboxylic acids is 2. The molecule has 2 aliphatic rings. The molecular formula is C18H24N2O4S. The van der Waals surface area contributed by atoms with E-state index in [1.807, 2.05) is 0 Å². The number of amides is 2. The van der Waals surface area contributed by atoms with Crippen molar-refractivity contribution < 1.29 is 19.5 Å². The van der Waals surface area contributed by atoms with Crippen LogP contribution in [0.5, 0.6) is 0 Å². The number of anilines is 1. The predicted octanol–water partition coefficient (Wildman–Crippen LogP) is 2.96. The zero-order chi connectivity index (χ0) is 18.0. The van der Waals surface area contributed by atoms with E-state index in [2.05, 4.69) is 17.6 Å². The number of aliphatic carboxylic acids is 1. The standard InChI is InChI=1S/C18H24N2O4S/c1-10-5-8-12-13(9-10)25-18(16(12)17(24)19-11-6-7-11)20-14(21)3-2-4-15(22)23/h10-11H,2-9H2,1H3,(H,19,24)(H,20,21)(H,22,23)/t10-/m0/s1. The van der Waals surface area contributed by atoms with Gasteiger partial charge in [0.15, 0.2) is 0 Å². The third-order valence-electron chi connectivity index (χ3n) is 4.70. The molecule has 0 unspecified atom stereocenters. The maximum atomic E-state index is 12.7. The van der Waals surface area contributed by atoms with Gasteiger partial charge in [-0.25, -0.2) is 0 Å². The van der Waals surface area contributed by atoms with Crippen molar-refractivity contribution in [2.75, 3.05) is 5.32 Å². The maximum Gasteiger partial charge on any atom is 0.303 e. The van der Waals surface area contributed by atoms with Gasteiger partial charge in [-0.3, -0.25) is 14.4 Å². The lowest BCUT2D eigenvalue weighted by molar-refractivity contribution is -0.137. The summed E-state index contributed by atoms with van der Waals surface area (Å²) in [5, 5.41) is 15.2. The second-order valence-electron chi connectivity index (χ2n) is 7.10. The van der Waals surface area contributed by atoms with E-state index in [4.69, 9.17) is 5.11 Å². The Hall–Kier alpha value is -1.89. The van der Waals surface area contributed by atoms with E-state index in [1.165, 1.54) is 16.2 Å². The first kappa shape index (κ1) is 17.9. The molecule has 0 bridgehead atoms. The minimum Gasteiger partial charge on any atom is -0.481 e. The highest BCUT2D eigenvalue weighted by atomic mass is 32.1. The molecule has 7 heteroatoms. The molecule has 0 aliphatic heterocycles. The topological polar surface area (TPSA) is 95.5 Å². The SMILES string of the molecule is C[C@H]1CCc2c(sc(NC(=O)CCCC(=O)O)c2C(=O)NC2CC2)C1. The fourth-order valence-corrected chi connectivity index (χ4v) is 4.58. The summed E-state index contributed by atoms with van der Waals surface area (Å²) < 4.78 is 0. The van der Waals surface area contributed by atoms with Crippen LogP contribution in [0, 0.1) is 5.92 Å². The van der Waals surface area contributed by atoms with Gasteiger partial charge in [0.05, 0.1) is 5.56 Å². The van der Waals surface area contributed by atoms with Gasteiger partial charge < -0.3 is 15.7 Å². The molecule has 1 saturated carbocycles. The quantitative estimate of drug-likeness (QED) is 0.693. The highest BCUT2D eigenvalue weighted by molar-refractivity contribution is 7.17. The summed E-state index contributed by atoms with van der Waals surface area (Å²) in [6.07, 6.45) is 5.33. The molecule has 1 fully saturated rings. The first-order valence-electron chi connectivity index (χ1n) is 8.91. The molecule has 0 spiro atoms. The van der Waals surface area contributed by atoms with E-state index in [0.29, 0.717) is 22.9 Å². The summed E-state index contributed by atoms with van der Waals surface area (Å²) in [6.45, 7) is 2.21. The van der Waals surface area contributed by atoms with Crippen molar-refractivity contribution >= 4 is 34.1 Å². The fourth-order valence-electron chi connectivity index (χ4n) is 3.15. The Morgan fingerprint density at radius 1 is 1.20 bits per heavy atom. The second-order valence-corrected chi connectivity index (χ2v) is 8.20. The highest BCUT2D eigenvalue weighted by Gasteiger charge is 2.31. The lowest BCUT2D eigenvalue weighted by Gasteiger charge is -2.18. The normalized spacial score (nSPS) is 19.2. The molecule has 2 aliphatic carbocycles. The predicted molar refractivity (Wildman–Crippen MR) is 96.1 cm³/mol. The summed E-state index contributed by atoms with van der Waals surface area (Å²) in [7, 11) is 0. The van der Waals surface area contributed by atoms with Gasteiger partial charge in [0.2, 0.25) is 5.91 Å². The number of hydrogen-bond donors (Lipinski definition) is 3. The molecular weight excluding hydrogens is 340 g/mol. The van der Waals surface area contributed by atoms with Gasteiger partial charge in [0, 0.05) is 23.8 Å². The number of thiophene rings is 1. The van der Waals surface area contributed by atoms with Crippen LogP contribution >= 0.6 is 11.3 Å². The van der Waals surface area contributed by atoms with Crippen LogP contribution in [-0.4, -0.2) is 28.9 Å². The van der Waals surface area contributed by atoms with Crippen LogP contribution in [0.4, 0.5) is 5.00 Å². The molecule has 1 heterocycles. The molecule has 6 nitrogen and oxygen atoms in total. The first-order valence-corrected chi connectivity index (χ1v) is 9.72. The Balaban J connectivity index is 1.75. The molecule has 1 aromatic heterocycles. The van der Waals surface area contributed by atoms with Crippen molar-refractivity contribution in [2.24, 2.45) is 5.92 Å². The van der Waals surface area contributed by atoms with Crippen LogP contribution < -0.4 is 10.6 Å². The van der Waals surface area contributed by atoms with Crippen LogP contribution in [-0.2, 0) is 22.4 Å². The summed E-state index contributed by atoms with van der Waals surface area (Å²) in [5.41, 5.74) is 1.72. The van der Waals surface area contributed by atoms with Crippen LogP contribution in [0.2, 0.25) is 0 Å². The Morgan fingerprint density at radius 2 is 1.96 bits per heavy atom. The summed E-state index contributed by atoms with van der Waals surface area (Å²) >= 11 is 1.50. The Labute approximate surface area is 151 Å². The van der Waals surface area contributed by atoms with Gasteiger partial charge in [-0.15, -0.1) is 11.3 Å². The van der Waals surface area contributed by atoms with E-state index in [-0.39, 0.29) is 30.7 Å². The second kappa shape index (κ2) is 7.56. The number of carboxylic acid groups (broad SMARTS) is 1. The minimum absolute atomic E-state index is 0.0269. The fraction of sp³-hybridized carbons (Fsp3) is 0.611. The minimum atomic E-state index is -0.905. The van der Waals surface area contributed by atoms with Crippen molar-refractivity contribution in [2.45, 2.75) is 64.3 Å². The number of nitrogens with one attached hydrogen (secondary N) is 2. The third-order valence-corrected chi connectivity index (χ3v) is 5.87. The third kappa shape index (κ3) is 4.60. The Morgan fingerprint density at radius 3 is 2.64 bits per heavy atom. The van der Waals surface area contributed by atoms with Crippen molar-refractivity contribution in [3.63, 3.8) is 0 Å². The van der Waals surface area contributed by atoms with Crippen molar-refractivity contribution in [3.05, 3.63) is 16.0 Å². The number of rotatable bonds is 7. The van der Waals surface area contributed by atoms with E-state index >= 15 is 0 Å². The van der Waals surface area contributed by atoms with Crippen LogP contribution in [0.3, 0.4) is 0 Å². The highest BCUT2D eigenvalue weighted by Crippen LogP contribution is 2.40. The molecule has 25 heavy (non-hydrogen) atoms. The van der Waals surface area contributed by atoms with Gasteiger partial charge >= 0.3 is 5.97 Å². The van der Waals surface area contributed by atoms with Crippen molar-refractivity contribution in [3.8, 4) is 0 Å². The largest absolute Gasteiger partial charge is 0.481 e. The molecule has 2 amide bonds. The van der Waals surface area contributed by atoms with Gasteiger partial charge in [-0.1, -0.05) is 6.92 Å². The summed E-state index contributed by atoms with van der Waals surface area (Å²) in [5.74, 6) is -0.633. The van der Waals surface area contributed by atoms with Gasteiger partial charge in [-0.2, -0.15) is 0 Å².